The van der Waals surface area contributed by atoms with Gasteiger partial charge in [0.2, 0.25) is 0 Å². The summed E-state index contributed by atoms with van der Waals surface area (Å²) in [6, 6.07) is 3.57. The van der Waals surface area contributed by atoms with Crippen molar-refractivity contribution >= 4 is 28.3 Å². The molecule has 1 aliphatic heterocycles. The Morgan fingerprint density at radius 1 is 1.31 bits per heavy atom. The zero-order valence-corrected chi connectivity index (χ0v) is 16.6. The lowest BCUT2D eigenvalue weighted by atomic mass is 10.1. The van der Waals surface area contributed by atoms with Crippen LogP contribution in [0.2, 0.25) is 0 Å². The van der Waals surface area contributed by atoms with E-state index in [9.17, 15) is 9.18 Å². The average Bonchev–Trinajstić information content (AvgIpc) is 3.28. The van der Waals surface area contributed by atoms with Gasteiger partial charge in [-0.25, -0.2) is 14.4 Å². The molecule has 0 spiro atoms. The van der Waals surface area contributed by atoms with Crippen molar-refractivity contribution in [1.82, 2.24) is 19.7 Å². The predicted molar refractivity (Wildman–Crippen MR) is 108 cm³/mol. The van der Waals surface area contributed by atoms with E-state index in [-0.39, 0.29) is 11.6 Å². The fourth-order valence-electron chi connectivity index (χ4n) is 3.63. The monoisotopic (exact) mass is 398 g/mol. The lowest BCUT2D eigenvalue weighted by Gasteiger charge is -2.16. The summed E-state index contributed by atoms with van der Waals surface area (Å²) in [7, 11) is 3.36. The summed E-state index contributed by atoms with van der Waals surface area (Å²) in [5.41, 5.74) is 1.47. The van der Waals surface area contributed by atoms with E-state index < -0.39 is 12.1 Å². The van der Waals surface area contributed by atoms with Crippen molar-refractivity contribution in [3.63, 3.8) is 0 Å². The maximum atomic E-state index is 14.0. The number of amides is 1. The van der Waals surface area contributed by atoms with Crippen LogP contribution in [0.1, 0.15) is 23.8 Å². The third-order valence-electron chi connectivity index (χ3n) is 5.27. The first kappa shape index (κ1) is 19.1. The minimum atomic E-state index is -0.861. The first-order valence-electron chi connectivity index (χ1n) is 9.52. The number of carbonyl (C=O) groups is 1. The number of aromatic nitrogens is 4. The SMILES string of the molecule is CC[C@@H]1CN(c2cnc(C(=O)Nc3cc4cn(C)nc4cc3OC)cn2)C[C@@H]1F. The molecule has 0 radical (unpaired) electrons. The van der Waals surface area contributed by atoms with Gasteiger partial charge in [0.25, 0.3) is 5.91 Å². The molecular formula is C20H23FN6O2. The largest absolute Gasteiger partial charge is 0.494 e. The van der Waals surface area contributed by atoms with Crippen LogP contribution in [0, 0.1) is 5.92 Å². The normalized spacial score (nSPS) is 19.0. The fraction of sp³-hybridized carbons (Fsp3) is 0.400. The molecule has 3 heterocycles. The molecule has 2 aromatic heterocycles. The summed E-state index contributed by atoms with van der Waals surface area (Å²) in [5, 5.41) is 8.03. The van der Waals surface area contributed by atoms with E-state index in [0.717, 1.165) is 17.3 Å². The Labute approximate surface area is 167 Å². The zero-order chi connectivity index (χ0) is 20.5. The van der Waals surface area contributed by atoms with Crippen LogP contribution >= 0.6 is 0 Å². The van der Waals surface area contributed by atoms with Gasteiger partial charge in [-0.1, -0.05) is 6.92 Å². The molecule has 8 nitrogen and oxygen atoms in total. The van der Waals surface area contributed by atoms with Crippen molar-refractivity contribution in [2.24, 2.45) is 13.0 Å². The third-order valence-corrected chi connectivity index (χ3v) is 5.27. The summed E-state index contributed by atoms with van der Waals surface area (Å²) in [4.78, 5) is 23.0. The Balaban J connectivity index is 1.51. The number of methoxy groups -OCH3 is 1. The highest BCUT2D eigenvalue weighted by Gasteiger charge is 2.32. The van der Waals surface area contributed by atoms with Crippen LogP contribution in [-0.4, -0.2) is 52.0 Å². The number of nitrogens with one attached hydrogen (secondary N) is 1. The molecule has 0 unspecified atom stereocenters. The number of anilines is 2. The maximum absolute atomic E-state index is 14.0. The first-order valence-corrected chi connectivity index (χ1v) is 9.52. The average molecular weight is 398 g/mol. The molecule has 1 saturated heterocycles. The van der Waals surface area contributed by atoms with Crippen molar-refractivity contribution in [3.05, 3.63) is 36.4 Å². The van der Waals surface area contributed by atoms with Crippen LogP contribution in [-0.2, 0) is 7.05 Å². The summed E-state index contributed by atoms with van der Waals surface area (Å²) >= 11 is 0. The predicted octanol–water partition coefficient (Wildman–Crippen LogP) is 2.81. The van der Waals surface area contributed by atoms with Gasteiger partial charge in [0.1, 0.15) is 23.4 Å². The molecule has 1 amide bonds. The summed E-state index contributed by atoms with van der Waals surface area (Å²) in [6.07, 6.45) is 4.71. The molecule has 4 rings (SSSR count). The Hall–Kier alpha value is -3.23. The molecular weight excluding hydrogens is 375 g/mol. The third kappa shape index (κ3) is 3.72. The van der Waals surface area contributed by atoms with Gasteiger partial charge in [0.15, 0.2) is 0 Å². The zero-order valence-electron chi connectivity index (χ0n) is 16.6. The molecule has 0 aliphatic carbocycles. The quantitative estimate of drug-likeness (QED) is 0.711. The van der Waals surface area contributed by atoms with Crippen LogP contribution < -0.4 is 15.0 Å². The molecule has 3 aromatic rings. The lowest BCUT2D eigenvalue weighted by molar-refractivity contribution is 0.102. The number of hydrogen-bond donors (Lipinski definition) is 1. The van der Waals surface area contributed by atoms with Gasteiger partial charge in [-0.2, -0.15) is 5.10 Å². The topological polar surface area (TPSA) is 85.2 Å². The molecule has 1 N–H and O–H groups in total. The number of nitrogens with zero attached hydrogens (tertiary/aromatic N) is 5. The molecule has 0 saturated carbocycles. The minimum Gasteiger partial charge on any atom is -0.494 e. The Morgan fingerprint density at radius 2 is 2.14 bits per heavy atom. The van der Waals surface area contributed by atoms with E-state index in [1.165, 1.54) is 19.5 Å². The van der Waals surface area contributed by atoms with E-state index in [1.54, 1.807) is 16.8 Å². The first-order chi connectivity index (χ1) is 14.0. The van der Waals surface area contributed by atoms with Crippen LogP contribution in [0.3, 0.4) is 0 Å². The number of fused-ring (bicyclic) bond motifs is 1. The van der Waals surface area contributed by atoms with E-state index in [1.807, 2.05) is 25.1 Å². The summed E-state index contributed by atoms with van der Waals surface area (Å²) in [5.74, 6) is 0.691. The van der Waals surface area contributed by atoms with Crippen LogP contribution in [0.5, 0.6) is 5.75 Å². The highest BCUT2D eigenvalue weighted by Crippen LogP contribution is 2.30. The Bertz CT molecular complexity index is 1040. The molecule has 1 aromatic carbocycles. The number of aryl methyl sites for hydroxylation is 1. The van der Waals surface area contributed by atoms with E-state index in [4.69, 9.17) is 4.74 Å². The van der Waals surface area contributed by atoms with E-state index in [0.29, 0.717) is 30.3 Å². The molecule has 1 aliphatic rings. The number of carbonyl (C=O) groups excluding carboxylic acids is 1. The van der Waals surface area contributed by atoms with Gasteiger partial charge >= 0.3 is 0 Å². The standard InChI is InChI=1S/C20H23FN6O2/c1-4-12-10-27(11-14(12)21)19-8-22-17(7-23-19)20(28)24-16-5-13-9-26(2)25-15(13)6-18(16)29-3/h5-9,12,14H,4,10-11H2,1-3H3,(H,24,28)/t12-,14+/m1/s1. The number of ether oxygens (including phenoxy) is 1. The Kier molecular flexibility index (Phi) is 5.04. The number of benzene rings is 1. The molecule has 0 bridgehead atoms. The number of hydrogen-bond acceptors (Lipinski definition) is 6. The van der Waals surface area contributed by atoms with E-state index in [2.05, 4.69) is 20.4 Å². The molecule has 152 valence electrons. The second kappa shape index (κ2) is 7.65. The number of rotatable bonds is 5. The van der Waals surface area contributed by atoms with Gasteiger partial charge < -0.3 is 15.0 Å². The number of halogens is 1. The van der Waals surface area contributed by atoms with Crippen molar-refractivity contribution < 1.29 is 13.9 Å². The summed E-state index contributed by atoms with van der Waals surface area (Å²) in [6.45, 7) is 2.90. The van der Waals surface area contributed by atoms with Crippen molar-refractivity contribution in [3.8, 4) is 5.75 Å². The molecule has 1 fully saturated rings. The van der Waals surface area contributed by atoms with Crippen molar-refractivity contribution in [2.75, 3.05) is 30.4 Å². The Morgan fingerprint density at radius 3 is 2.79 bits per heavy atom. The van der Waals surface area contributed by atoms with Crippen molar-refractivity contribution in [2.45, 2.75) is 19.5 Å². The van der Waals surface area contributed by atoms with Crippen LogP contribution in [0.4, 0.5) is 15.9 Å². The van der Waals surface area contributed by atoms with Crippen LogP contribution in [0.25, 0.3) is 10.9 Å². The lowest BCUT2D eigenvalue weighted by Crippen LogP contribution is -2.22. The second-order valence-corrected chi connectivity index (χ2v) is 7.22. The summed E-state index contributed by atoms with van der Waals surface area (Å²) < 4.78 is 21.1. The van der Waals surface area contributed by atoms with Gasteiger partial charge in [-0.3, -0.25) is 9.48 Å². The van der Waals surface area contributed by atoms with Crippen LogP contribution in [0.15, 0.2) is 30.7 Å². The van der Waals surface area contributed by atoms with E-state index >= 15 is 0 Å². The van der Waals surface area contributed by atoms with Crippen molar-refractivity contribution in [1.29, 1.82) is 0 Å². The van der Waals surface area contributed by atoms with Gasteiger partial charge in [0.05, 0.1) is 37.3 Å². The highest BCUT2D eigenvalue weighted by molar-refractivity contribution is 6.04. The number of alkyl halides is 1. The molecule has 9 heteroatoms. The van der Waals surface area contributed by atoms with Gasteiger partial charge in [-0.05, 0) is 12.5 Å². The second-order valence-electron chi connectivity index (χ2n) is 7.22. The van der Waals surface area contributed by atoms with Gasteiger partial charge in [0, 0.05) is 37.2 Å². The molecule has 29 heavy (non-hydrogen) atoms. The smallest absolute Gasteiger partial charge is 0.275 e. The van der Waals surface area contributed by atoms with Gasteiger partial charge in [-0.15, -0.1) is 0 Å². The minimum absolute atomic E-state index is 0.00892. The highest BCUT2D eigenvalue weighted by atomic mass is 19.1. The maximum Gasteiger partial charge on any atom is 0.275 e. The molecule has 2 atom stereocenters. The fourth-order valence-corrected chi connectivity index (χ4v) is 3.63.